The third-order valence-electron chi connectivity index (χ3n) is 3.60. The Balaban J connectivity index is 1.58. The maximum atomic E-state index is 11.9. The van der Waals surface area contributed by atoms with Crippen molar-refractivity contribution in [3.05, 3.63) is 24.2 Å². The zero-order chi connectivity index (χ0) is 14.2. The van der Waals surface area contributed by atoms with Crippen molar-refractivity contribution in [3.8, 4) is 0 Å². The van der Waals surface area contributed by atoms with E-state index in [1.807, 2.05) is 19.1 Å². The van der Waals surface area contributed by atoms with Crippen molar-refractivity contribution in [1.29, 1.82) is 0 Å². The van der Waals surface area contributed by atoms with Crippen LogP contribution in [0.25, 0.3) is 0 Å². The van der Waals surface area contributed by atoms with E-state index in [1.54, 1.807) is 6.26 Å². The molecule has 0 spiro atoms. The Morgan fingerprint density at radius 2 is 2.40 bits per heavy atom. The van der Waals surface area contributed by atoms with Crippen LogP contribution >= 0.6 is 0 Å². The number of rotatable bonds is 7. The summed E-state index contributed by atoms with van der Waals surface area (Å²) in [6.07, 6.45) is 6.50. The molecule has 1 aliphatic heterocycles. The van der Waals surface area contributed by atoms with Crippen LogP contribution in [0.3, 0.4) is 0 Å². The number of furan rings is 1. The molecule has 0 radical (unpaired) electrons. The molecule has 1 fully saturated rings. The van der Waals surface area contributed by atoms with Crippen molar-refractivity contribution >= 4 is 5.91 Å². The second kappa shape index (κ2) is 8.07. The molecular weight excluding hydrogens is 256 g/mol. The fraction of sp³-hybridized carbons (Fsp3) is 0.667. The van der Waals surface area contributed by atoms with E-state index in [2.05, 4.69) is 10.6 Å². The average Bonchev–Trinajstić information content (AvgIpc) is 2.99. The van der Waals surface area contributed by atoms with Gasteiger partial charge in [0.15, 0.2) is 0 Å². The monoisotopic (exact) mass is 280 g/mol. The molecule has 1 aromatic rings. The van der Waals surface area contributed by atoms with E-state index in [0.717, 1.165) is 31.8 Å². The molecule has 112 valence electrons. The van der Waals surface area contributed by atoms with Crippen molar-refractivity contribution in [2.24, 2.45) is 0 Å². The Bertz CT molecular complexity index is 386. The first-order chi connectivity index (χ1) is 9.75. The number of carbonyl (C=O) groups is 1. The quantitative estimate of drug-likeness (QED) is 0.800. The van der Waals surface area contributed by atoms with Gasteiger partial charge in [-0.05, 0) is 51.3 Å². The molecule has 1 saturated heterocycles. The molecule has 0 aliphatic carbocycles. The normalized spacial score (nSPS) is 20.6. The van der Waals surface area contributed by atoms with Crippen LogP contribution in [0.15, 0.2) is 22.8 Å². The molecule has 0 bridgehead atoms. The Labute approximate surface area is 120 Å². The molecular formula is C15H24N2O3. The van der Waals surface area contributed by atoms with Crippen LogP contribution in [0, 0.1) is 0 Å². The van der Waals surface area contributed by atoms with E-state index in [0.29, 0.717) is 12.6 Å². The van der Waals surface area contributed by atoms with Gasteiger partial charge < -0.3 is 19.8 Å². The summed E-state index contributed by atoms with van der Waals surface area (Å²) in [5.74, 6) is 0.757. The predicted molar refractivity (Wildman–Crippen MR) is 76.2 cm³/mol. The highest BCUT2D eigenvalue weighted by molar-refractivity contribution is 5.81. The van der Waals surface area contributed by atoms with Crippen molar-refractivity contribution in [2.75, 3.05) is 13.2 Å². The summed E-state index contributed by atoms with van der Waals surface area (Å²) in [7, 11) is 0. The van der Waals surface area contributed by atoms with Gasteiger partial charge in [-0.3, -0.25) is 4.79 Å². The molecule has 0 saturated carbocycles. The third-order valence-corrected chi connectivity index (χ3v) is 3.60. The van der Waals surface area contributed by atoms with E-state index in [1.165, 1.54) is 12.8 Å². The van der Waals surface area contributed by atoms with Crippen LogP contribution in [0.5, 0.6) is 0 Å². The van der Waals surface area contributed by atoms with Crippen molar-refractivity contribution in [1.82, 2.24) is 10.6 Å². The number of carbonyl (C=O) groups excluding carboxylic acids is 1. The maximum absolute atomic E-state index is 11.9. The van der Waals surface area contributed by atoms with Gasteiger partial charge in [-0.2, -0.15) is 0 Å². The van der Waals surface area contributed by atoms with Gasteiger partial charge in [-0.25, -0.2) is 0 Å². The lowest BCUT2D eigenvalue weighted by Crippen LogP contribution is -2.42. The largest absolute Gasteiger partial charge is 0.467 e. The maximum Gasteiger partial charge on any atom is 0.237 e. The molecule has 20 heavy (non-hydrogen) atoms. The van der Waals surface area contributed by atoms with E-state index in [-0.39, 0.29) is 11.9 Å². The van der Waals surface area contributed by atoms with Gasteiger partial charge in [-0.1, -0.05) is 0 Å². The molecule has 2 atom stereocenters. The summed E-state index contributed by atoms with van der Waals surface area (Å²) < 4.78 is 10.8. The molecule has 0 aromatic carbocycles. The molecule has 5 nitrogen and oxygen atoms in total. The minimum atomic E-state index is -0.200. The number of ether oxygens (including phenoxy) is 1. The first-order valence-electron chi connectivity index (χ1n) is 7.41. The lowest BCUT2D eigenvalue weighted by molar-refractivity contribution is -0.123. The third kappa shape index (κ3) is 4.98. The fourth-order valence-electron chi connectivity index (χ4n) is 2.33. The number of amides is 1. The Hall–Kier alpha value is -1.33. The number of nitrogens with one attached hydrogen (secondary N) is 2. The molecule has 1 aromatic heterocycles. The predicted octanol–water partition coefficient (Wildman–Crippen LogP) is 1.83. The first kappa shape index (κ1) is 15.1. The number of hydrogen-bond acceptors (Lipinski definition) is 4. The smallest absolute Gasteiger partial charge is 0.237 e. The van der Waals surface area contributed by atoms with E-state index in [9.17, 15) is 4.79 Å². The Morgan fingerprint density at radius 1 is 1.50 bits per heavy atom. The minimum Gasteiger partial charge on any atom is -0.467 e. The Kier molecular flexibility index (Phi) is 6.08. The van der Waals surface area contributed by atoms with Gasteiger partial charge in [0.05, 0.1) is 25.0 Å². The van der Waals surface area contributed by atoms with Crippen LogP contribution in [-0.2, 0) is 16.1 Å². The van der Waals surface area contributed by atoms with Gasteiger partial charge in [0.1, 0.15) is 5.76 Å². The zero-order valence-electron chi connectivity index (χ0n) is 12.1. The van der Waals surface area contributed by atoms with Crippen molar-refractivity contribution < 1.29 is 13.9 Å². The van der Waals surface area contributed by atoms with Crippen molar-refractivity contribution in [3.63, 3.8) is 0 Å². The summed E-state index contributed by atoms with van der Waals surface area (Å²) in [4.78, 5) is 11.9. The van der Waals surface area contributed by atoms with Crippen LogP contribution in [-0.4, -0.2) is 31.2 Å². The van der Waals surface area contributed by atoms with E-state index < -0.39 is 0 Å². The minimum absolute atomic E-state index is 0.00837. The summed E-state index contributed by atoms with van der Waals surface area (Å²) in [6.45, 7) is 3.99. The summed E-state index contributed by atoms with van der Waals surface area (Å²) in [5.41, 5.74) is 0. The van der Waals surface area contributed by atoms with Gasteiger partial charge in [0.2, 0.25) is 5.91 Å². The first-order valence-corrected chi connectivity index (χ1v) is 7.41. The highest BCUT2D eigenvalue weighted by atomic mass is 16.5. The van der Waals surface area contributed by atoms with Crippen LogP contribution in [0.1, 0.15) is 38.4 Å². The average molecular weight is 280 g/mol. The van der Waals surface area contributed by atoms with Gasteiger partial charge >= 0.3 is 0 Å². The molecule has 2 unspecified atom stereocenters. The number of hydrogen-bond donors (Lipinski definition) is 2. The highest BCUT2D eigenvalue weighted by Gasteiger charge is 2.16. The van der Waals surface area contributed by atoms with E-state index >= 15 is 0 Å². The lowest BCUT2D eigenvalue weighted by atomic mass is 10.1. The van der Waals surface area contributed by atoms with Gasteiger partial charge in [-0.15, -0.1) is 0 Å². The van der Waals surface area contributed by atoms with Crippen molar-refractivity contribution in [2.45, 2.75) is 51.3 Å². The molecule has 2 N–H and O–H groups in total. The summed E-state index contributed by atoms with van der Waals surface area (Å²) >= 11 is 0. The highest BCUT2D eigenvalue weighted by Crippen LogP contribution is 2.14. The molecule has 2 heterocycles. The topological polar surface area (TPSA) is 63.5 Å². The van der Waals surface area contributed by atoms with Gasteiger partial charge in [0, 0.05) is 6.61 Å². The van der Waals surface area contributed by atoms with E-state index in [4.69, 9.17) is 9.15 Å². The zero-order valence-corrected chi connectivity index (χ0v) is 12.1. The van der Waals surface area contributed by atoms with Crippen LogP contribution < -0.4 is 10.6 Å². The molecule has 2 rings (SSSR count). The molecule has 1 amide bonds. The second-order valence-corrected chi connectivity index (χ2v) is 5.25. The molecule has 5 heteroatoms. The van der Waals surface area contributed by atoms with Crippen LogP contribution in [0.4, 0.5) is 0 Å². The standard InChI is InChI=1S/C15H24N2O3/c1-12(15(18)17-11-14-6-4-10-20-14)16-8-7-13-5-2-3-9-19-13/h4,6,10,12-13,16H,2-3,5,7-9,11H2,1H3,(H,17,18). The Morgan fingerprint density at radius 3 is 3.10 bits per heavy atom. The molecule has 1 aliphatic rings. The summed E-state index contributed by atoms with van der Waals surface area (Å²) in [5, 5.41) is 6.08. The van der Waals surface area contributed by atoms with Crippen LogP contribution in [0.2, 0.25) is 0 Å². The van der Waals surface area contributed by atoms with Gasteiger partial charge in [0.25, 0.3) is 0 Å². The summed E-state index contributed by atoms with van der Waals surface area (Å²) in [6, 6.07) is 3.46. The fourth-order valence-corrected chi connectivity index (χ4v) is 2.33. The SMILES string of the molecule is CC(NCCC1CCCCO1)C(=O)NCc1ccco1. The second-order valence-electron chi connectivity index (χ2n) is 5.25. The lowest BCUT2D eigenvalue weighted by Gasteiger charge is -2.23.